The molecule has 168 valence electrons. The topological polar surface area (TPSA) is 83.5 Å². The molecule has 0 atom stereocenters. The molecule has 0 bridgehead atoms. The number of hydrogen-bond donors (Lipinski definition) is 0. The summed E-state index contributed by atoms with van der Waals surface area (Å²) in [7, 11) is 1.64. The van der Waals surface area contributed by atoms with Crippen LogP contribution in [0.15, 0.2) is 48.0 Å². The molecule has 8 heteroatoms. The van der Waals surface area contributed by atoms with Crippen molar-refractivity contribution in [2.24, 2.45) is 0 Å². The van der Waals surface area contributed by atoms with E-state index in [9.17, 15) is 10.1 Å². The van der Waals surface area contributed by atoms with Crippen molar-refractivity contribution in [1.82, 2.24) is 19.5 Å². The minimum absolute atomic E-state index is 0.0615. The average Bonchev–Trinajstić information content (AvgIpc) is 3.48. The Morgan fingerprint density at radius 2 is 2.03 bits per heavy atom. The molecule has 33 heavy (non-hydrogen) atoms. The van der Waals surface area contributed by atoms with Crippen LogP contribution in [0, 0.1) is 25.2 Å². The molecule has 3 aromatic heterocycles. The molecule has 0 saturated carbocycles. The number of carbonyl (C=O) groups is 1. The second-order valence-electron chi connectivity index (χ2n) is 7.81. The third-order valence-corrected chi connectivity index (χ3v) is 6.61. The van der Waals surface area contributed by atoms with Gasteiger partial charge in [-0.05, 0) is 43.3 Å². The molecule has 0 spiro atoms. The zero-order chi connectivity index (χ0) is 23.4. The van der Waals surface area contributed by atoms with Crippen LogP contribution in [0.25, 0.3) is 5.65 Å². The first-order valence-corrected chi connectivity index (χ1v) is 11.6. The highest BCUT2D eigenvalue weighted by Gasteiger charge is 2.19. The van der Waals surface area contributed by atoms with Crippen LogP contribution in [-0.4, -0.2) is 32.5 Å². The smallest absolute Gasteiger partial charge is 0.223 e. The first-order chi connectivity index (χ1) is 16.0. The van der Waals surface area contributed by atoms with Crippen molar-refractivity contribution in [1.29, 1.82) is 5.26 Å². The Morgan fingerprint density at radius 3 is 2.76 bits per heavy atom. The number of methoxy groups -OCH3 is 1. The van der Waals surface area contributed by atoms with Crippen molar-refractivity contribution in [2.45, 2.75) is 39.8 Å². The molecular weight excluding hydrogens is 434 g/mol. The minimum atomic E-state index is 0.0615. The van der Waals surface area contributed by atoms with Gasteiger partial charge < -0.3 is 9.64 Å². The highest BCUT2D eigenvalue weighted by molar-refractivity contribution is 7.09. The fourth-order valence-electron chi connectivity index (χ4n) is 4.00. The van der Waals surface area contributed by atoms with Gasteiger partial charge in [-0.25, -0.2) is 9.50 Å². The molecule has 0 aliphatic rings. The lowest BCUT2D eigenvalue weighted by Gasteiger charge is -2.24. The molecule has 0 aliphatic carbocycles. The van der Waals surface area contributed by atoms with Crippen LogP contribution in [0.2, 0.25) is 0 Å². The van der Waals surface area contributed by atoms with Crippen molar-refractivity contribution in [3.63, 3.8) is 0 Å². The van der Waals surface area contributed by atoms with Gasteiger partial charge in [-0.3, -0.25) is 4.79 Å². The lowest BCUT2D eigenvalue weighted by molar-refractivity contribution is -0.132. The third-order valence-electron chi connectivity index (χ3n) is 5.75. The number of aromatic nitrogens is 3. The second-order valence-corrected chi connectivity index (χ2v) is 8.84. The van der Waals surface area contributed by atoms with E-state index in [0.717, 1.165) is 33.1 Å². The summed E-state index contributed by atoms with van der Waals surface area (Å²) in [6, 6.07) is 14.0. The Kier molecular flexibility index (Phi) is 6.71. The van der Waals surface area contributed by atoms with Gasteiger partial charge in [-0.15, -0.1) is 11.3 Å². The van der Waals surface area contributed by atoms with Crippen LogP contribution < -0.4 is 4.74 Å². The number of nitrogens with zero attached hydrogens (tertiary/aromatic N) is 5. The predicted octanol–water partition coefficient (Wildman–Crippen LogP) is 4.45. The summed E-state index contributed by atoms with van der Waals surface area (Å²) < 4.78 is 7.18. The summed E-state index contributed by atoms with van der Waals surface area (Å²) >= 11 is 1.64. The van der Waals surface area contributed by atoms with Crippen LogP contribution in [0.1, 0.15) is 39.4 Å². The molecule has 1 amide bonds. The number of fused-ring (bicyclic) bond motifs is 1. The van der Waals surface area contributed by atoms with Gasteiger partial charge >= 0.3 is 0 Å². The van der Waals surface area contributed by atoms with Gasteiger partial charge in [0.2, 0.25) is 5.91 Å². The molecule has 0 N–H and O–H groups in total. The number of para-hydroxylation sites is 1. The van der Waals surface area contributed by atoms with Gasteiger partial charge in [0, 0.05) is 34.8 Å². The lowest BCUT2D eigenvalue weighted by Crippen LogP contribution is -2.30. The Balaban J connectivity index is 1.56. The molecule has 4 rings (SSSR count). The van der Waals surface area contributed by atoms with Crippen LogP contribution in [-0.2, 0) is 24.3 Å². The van der Waals surface area contributed by atoms with E-state index in [4.69, 9.17) is 4.74 Å². The Bertz CT molecular complexity index is 1320. The van der Waals surface area contributed by atoms with Crippen LogP contribution in [0.5, 0.6) is 5.75 Å². The molecule has 7 nitrogen and oxygen atoms in total. The number of carbonyl (C=O) groups excluding carboxylic acids is 1. The zero-order valence-corrected chi connectivity index (χ0v) is 19.7. The molecule has 0 fully saturated rings. The van der Waals surface area contributed by atoms with Gasteiger partial charge in [0.25, 0.3) is 0 Å². The summed E-state index contributed by atoms with van der Waals surface area (Å²) in [6.45, 7) is 4.89. The number of ether oxygens (including phenoxy) is 1. The van der Waals surface area contributed by atoms with E-state index in [0.29, 0.717) is 37.1 Å². The monoisotopic (exact) mass is 459 g/mol. The van der Waals surface area contributed by atoms with Crippen LogP contribution in [0.4, 0.5) is 0 Å². The minimum Gasteiger partial charge on any atom is -0.496 e. The fraction of sp³-hybridized carbons (Fsp3) is 0.280. The van der Waals surface area contributed by atoms with E-state index in [-0.39, 0.29) is 5.91 Å². The Hall–Kier alpha value is -3.70. The zero-order valence-electron chi connectivity index (χ0n) is 18.9. The summed E-state index contributed by atoms with van der Waals surface area (Å²) in [6.07, 6.45) is 2.43. The Morgan fingerprint density at radius 1 is 1.21 bits per heavy atom. The largest absolute Gasteiger partial charge is 0.496 e. The summed E-state index contributed by atoms with van der Waals surface area (Å²) in [5, 5.41) is 15.6. The highest BCUT2D eigenvalue weighted by atomic mass is 32.1. The third kappa shape index (κ3) is 4.73. The standard InChI is InChI=1S/C25H25N5O2S/c1-17-22(18(2)30-25(28-17)20(13-26)14-27-30)10-11-24(31)29(16-21-8-6-12-33-21)15-19-7-4-5-9-23(19)32-3/h4-9,12,14H,10-11,15-16H2,1-3H3. The van der Waals surface area contributed by atoms with E-state index in [2.05, 4.69) is 16.2 Å². The molecule has 4 aromatic rings. The van der Waals surface area contributed by atoms with Gasteiger partial charge in [0.05, 0.1) is 19.9 Å². The maximum absolute atomic E-state index is 13.4. The number of rotatable bonds is 8. The highest BCUT2D eigenvalue weighted by Crippen LogP contribution is 2.23. The summed E-state index contributed by atoms with van der Waals surface area (Å²) in [4.78, 5) is 21.0. The first-order valence-electron chi connectivity index (χ1n) is 10.7. The normalized spacial score (nSPS) is 10.8. The fourth-order valence-corrected chi connectivity index (χ4v) is 4.72. The molecule has 0 aliphatic heterocycles. The predicted molar refractivity (Wildman–Crippen MR) is 127 cm³/mol. The first kappa shape index (κ1) is 22.5. The van der Waals surface area contributed by atoms with Crippen molar-refractivity contribution < 1.29 is 9.53 Å². The number of nitriles is 1. The maximum atomic E-state index is 13.4. The van der Waals surface area contributed by atoms with Crippen molar-refractivity contribution in [3.05, 3.63) is 80.9 Å². The van der Waals surface area contributed by atoms with Crippen LogP contribution >= 0.6 is 11.3 Å². The van der Waals surface area contributed by atoms with Gasteiger partial charge in [-0.1, -0.05) is 24.3 Å². The quantitative estimate of drug-likeness (QED) is 0.389. The average molecular weight is 460 g/mol. The van der Waals surface area contributed by atoms with E-state index in [1.54, 1.807) is 23.0 Å². The SMILES string of the molecule is COc1ccccc1CN(Cc1cccs1)C(=O)CCc1c(C)nc2c(C#N)cnn2c1C. The number of benzene rings is 1. The molecule has 1 aromatic carbocycles. The second kappa shape index (κ2) is 9.84. The number of aryl methyl sites for hydroxylation is 2. The van der Waals surface area contributed by atoms with E-state index in [1.807, 2.05) is 60.5 Å². The van der Waals surface area contributed by atoms with Crippen molar-refractivity contribution in [2.75, 3.05) is 7.11 Å². The molecular formula is C25H25N5O2S. The molecule has 3 heterocycles. The van der Waals surface area contributed by atoms with E-state index < -0.39 is 0 Å². The molecule has 0 unspecified atom stereocenters. The maximum Gasteiger partial charge on any atom is 0.223 e. The molecule has 0 saturated heterocycles. The summed E-state index contributed by atoms with van der Waals surface area (Å²) in [5.41, 5.74) is 4.68. The number of amides is 1. The van der Waals surface area contributed by atoms with Crippen LogP contribution in [0.3, 0.4) is 0 Å². The van der Waals surface area contributed by atoms with Crippen molar-refractivity contribution >= 4 is 22.9 Å². The van der Waals surface area contributed by atoms with Gasteiger partial charge in [-0.2, -0.15) is 10.4 Å². The summed E-state index contributed by atoms with van der Waals surface area (Å²) in [5.74, 6) is 0.834. The number of thiophene rings is 1. The van der Waals surface area contributed by atoms with Crippen molar-refractivity contribution in [3.8, 4) is 11.8 Å². The number of hydrogen-bond acceptors (Lipinski definition) is 6. The molecule has 0 radical (unpaired) electrons. The van der Waals surface area contributed by atoms with Gasteiger partial charge in [0.1, 0.15) is 17.4 Å². The van der Waals surface area contributed by atoms with Gasteiger partial charge in [0.15, 0.2) is 5.65 Å². The van der Waals surface area contributed by atoms with E-state index in [1.165, 1.54) is 6.20 Å². The lowest BCUT2D eigenvalue weighted by atomic mass is 10.1. The Labute approximate surface area is 196 Å². The van der Waals surface area contributed by atoms with E-state index >= 15 is 0 Å².